The molecule has 0 radical (unpaired) electrons. The number of nitrogens with zero attached hydrogens (tertiary/aromatic N) is 1. The zero-order chi connectivity index (χ0) is 20.4. The molecule has 0 fully saturated rings. The monoisotopic (exact) mass is 406 g/mol. The molecule has 0 aliphatic heterocycles. The van der Waals surface area contributed by atoms with E-state index in [1.54, 1.807) is 43.5 Å². The zero-order valence-electron chi connectivity index (χ0n) is 15.3. The van der Waals surface area contributed by atoms with Crippen molar-refractivity contribution in [3.05, 3.63) is 53.1 Å². The molecule has 28 heavy (non-hydrogen) atoms. The average molecular weight is 407 g/mol. The molecule has 9 heteroatoms. The summed E-state index contributed by atoms with van der Waals surface area (Å²) in [5, 5.41) is 6.64. The minimum Gasteiger partial charge on any atom is -0.497 e. The quantitative estimate of drug-likeness (QED) is 0.391. The number of hydrogen-bond acceptors (Lipinski definition) is 7. The minimum absolute atomic E-state index is 0.372. The van der Waals surface area contributed by atoms with Crippen molar-refractivity contribution in [3.63, 3.8) is 0 Å². The van der Waals surface area contributed by atoms with Gasteiger partial charge in [0, 0.05) is 5.02 Å². The van der Waals surface area contributed by atoms with E-state index in [0.29, 0.717) is 16.5 Å². The number of nitrogens with one attached hydrogen (secondary N) is 1. The summed E-state index contributed by atoms with van der Waals surface area (Å²) in [5.74, 6) is -0.133. The standard InChI is InChI=1S/C19H19ClN2O6/c1-25-15-6-3-13(4-7-15)10-21-28-12-19(24)27-11-18(23)22-16-9-14(20)5-8-17(16)26-2/h3-10H,11-12H2,1-2H3,(H,22,23)/b21-10-. The van der Waals surface area contributed by atoms with Crippen molar-refractivity contribution >= 4 is 35.4 Å². The van der Waals surface area contributed by atoms with Gasteiger partial charge in [0.25, 0.3) is 5.91 Å². The third kappa shape index (κ3) is 6.81. The topological polar surface area (TPSA) is 95.5 Å². The lowest BCUT2D eigenvalue weighted by Gasteiger charge is -2.10. The van der Waals surface area contributed by atoms with Gasteiger partial charge in [-0.15, -0.1) is 0 Å². The summed E-state index contributed by atoms with van der Waals surface area (Å²) in [4.78, 5) is 28.4. The number of ether oxygens (including phenoxy) is 3. The Morgan fingerprint density at radius 1 is 1.07 bits per heavy atom. The smallest absolute Gasteiger partial charge is 0.347 e. The van der Waals surface area contributed by atoms with E-state index in [9.17, 15) is 9.59 Å². The Hall–Kier alpha value is -3.26. The fourth-order valence-corrected chi connectivity index (χ4v) is 2.20. The molecule has 8 nitrogen and oxygen atoms in total. The summed E-state index contributed by atoms with van der Waals surface area (Å²) in [6.07, 6.45) is 1.44. The van der Waals surface area contributed by atoms with Crippen LogP contribution in [0.4, 0.5) is 5.69 Å². The van der Waals surface area contributed by atoms with Gasteiger partial charge in [0.05, 0.1) is 26.1 Å². The lowest BCUT2D eigenvalue weighted by molar-refractivity contribution is -0.151. The molecule has 148 valence electrons. The third-order valence-electron chi connectivity index (χ3n) is 3.37. The summed E-state index contributed by atoms with van der Waals surface area (Å²) in [7, 11) is 3.03. The van der Waals surface area contributed by atoms with Gasteiger partial charge in [0.15, 0.2) is 6.61 Å². The van der Waals surface area contributed by atoms with Crippen LogP contribution in [0.3, 0.4) is 0 Å². The summed E-state index contributed by atoms with van der Waals surface area (Å²) >= 11 is 5.89. The van der Waals surface area contributed by atoms with Gasteiger partial charge in [0.1, 0.15) is 11.5 Å². The Bertz CT molecular complexity index is 839. The number of carbonyl (C=O) groups excluding carboxylic acids is 2. The predicted octanol–water partition coefficient (Wildman–Crippen LogP) is 2.89. The number of carbonyl (C=O) groups is 2. The maximum atomic E-state index is 11.9. The number of rotatable bonds is 9. The Kier molecular flexibility index (Phi) is 8.11. The second kappa shape index (κ2) is 10.8. The first-order valence-corrected chi connectivity index (χ1v) is 8.48. The summed E-state index contributed by atoms with van der Waals surface area (Å²) < 4.78 is 15.0. The van der Waals surface area contributed by atoms with Crippen LogP contribution in [-0.2, 0) is 19.2 Å². The molecule has 0 aliphatic carbocycles. The molecule has 0 aromatic heterocycles. The van der Waals surface area contributed by atoms with Gasteiger partial charge in [-0.05, 0) is 48.0 Å². The van der Waals surface area contributed by atoms with E-state index < -0.39 is 25.1 Å². The van der Waals surface area contributed by atoms with Gasteiger partial charge in [-0.2, -0.15) is 0 Å². The first-order chi connectivity index (χ1) is 13.5. The van der Waals surface area contributed by atoms with Gasteiger partial charge in [-0.1, -0.05) is 16.8 Å². The molecule has 0 saturated carbocycles. The van der Waals surface area contributed by atoms with Gasteiger partial charge in [0.2, 0.25) is 6.61 Å². The minimum atomic E-state index is -0.736. The molecule has 1 N–H and O–H groups in total. The first kappa shape index (κ1) is 21.0. The molecule has 1 amide bonds. The second-order valence-electron chi connectivity index (χ2n) is 5.33. The lowest BCUT2D eigenvalue weighted by Crippen LogP contribution is -2.22. The molecule has 2 aromatic carbocycles. The fourth-order valence-electron chi connectivity index (χ4n) is 2.03. The highest BCUT2D eigenvalue weighted by Crippen LogP contribution is 2.27. The highest BCUT2D eigenvalue weighted by atomic mass is 35.5. The maximum Gasteiger partial charge on any atom is 0.347 e. The van der Waals surface area contributed by atoms with Gasteiger partial charge < -0.3 is 24.4 Å². The van der Waals surface area contributed by atoms with Crippen LogP contribution in [0.25, 0.3) is 0 Å². The molecule has 0 bridgehead atoms. The van der Waals surface area contributed by atoms with Crippen LogP contribution in [0.5, 0.6) is 11.5 Å². The largest absolute Gasteiger partial charge is 0.497 e. The summed E-state index contributed by atoms with van der Waals surface area (Å²) in [5.41, 5.74) is 1.14. The first-order valence-electron chi connectivity index (χ1n) is 8.10. The zero-order valence-corrected chi connectivity index (χ0v) is 16.1. The lowest BCUT2D eigenvalue weighted by atomic mass is 10.2. The number of benzene rings is 2. The molecule has 0 saturated heterocycles. The molecule has 0 aliphatic rings. The van der Waals surface area contributed by atoms with E-state index in [-0.39, 0.29) is 0 Å². The van der Waals surface area contributed by atoms with Crippen molar-refractivity contribution < 1.29 is 28.6 Å². The van der Waals surface area contributed by atoms with Gasteiger partial charge >= 0.3 is 5.97 Å². The van der Waals surface area contributed by atoms with Crippen molar-refractivity contribution in [2.75, 3.05) is 32.8 Å². The molecule has 2 aromatic rings. The van der Waals surface area contributed by atoms with E-state index in [1.165, 1.54) is 19.4 Å². The highest BCUT2D eigenvalue weighted by molar-refractivity contribution is 6.31. The van der Waals surface area contributed by atoms with Crippen molar-refractivity contribution in [2.24, 2.45) is 5.16 Å². The van der Waals surface area contributed by atoms with Crippen LogP contribution in [0.2, 0.25) is 5.02 Å². The Labute approximate surface area is 167 Å². The predicted molar refractivity (Wildman–Crippen MR) is 104 cm³/mol. The number of methoxy groups -OCH3 is 2. The van der Waals surface area contributed by atoms with Crippen LogP contribution in [-0.4, -0.2) is 45.5 Å². The normalized spacial score (nSPS) is 10.4. The van der Waals surface area contributed by atoms with Crippen LogP contribution in [0.1, 0.15) is 5.56 Å². The van der Waals surface area contributed by atoms with Crippen molar-refractivity contribution in [2.45, 2.75) is 0 Å². The number of hydrogen-bond donors (Lipinski definition) is 1. The molecule has 2 rings (SSSR count). The van der Waals surface area contributed by atoms with Crippen LogP contribution < -0.4 is 14.8 Å². The Balaban J connectivity index is 1.72. The number of anilines is 1. The number of halogens is 1. The number of amides is 1. The number of esters is 1. The molecule has 0 unspecified atom stereocenters. The molecule has 0 spiro atoms. The van der Waals surface area contributed by atoms with E-state index in [0.717, 1.165) is 11.3 Å². The third-order valence-corrected chi connectivity index (χ3v) is 3.61. The number of oxime groups is 1. The van der Waals surface area contributed by atoms with Crippen molar-refractivity contribution in [3.8, 4) is 11.5 Å². The highest BCUT2D eigenvalue weighted by Gasteiger charge is 2.11. The SMILES string of the molecule is COc1ccc(/C=N\OCC(=O)OCC(=O)Nc2cc(Cl)ccc2OC)cc1. The molecular weight excluding hydrogens is 388 g/mol. The van der Waals surface area contributed by atoms with Crippen LogP contribution >= 0.6 is 11.6 Å². The van der Waals surface area contributed by atoms with Gasteiger partial charge in [-0.3, -0.25) is 4.79 Å². The second-order valence-corrected chi connectivity index (χ2v) is 5.77. The molecule has 0 atom stereocenters. The van der Waals surface area contributed by atoms with Crippen molar-refractivity contribution in [1.29, 1.82) is 0 Å². The maximum absolute atomic E-state index is 11.9. The molecular formula is C19H19ClN2O6. The van der Waals surface area contributed by atoms with Crippen LogP contribution in [0, 0.1) is 0 Å². The van der Waals surface area contributed by atoms with E-state index in [2.05, 4.69) is 10.5 Å². The van der Waals surface area contributed by atoms with Gasteiger partial charge in [-0.25, -0.2) is 4.79 Å². The Morgan fingerprint density at radius 2 is 1.82 bits per heavy atom. The fraction of sp³-hybridized carbons (Fsp3) is 0.211. The summed E-state index contributed by atoms with van der Waals surface area (Å²) in [6.45, 7) is -0.916. The molecule has 0 heterocycles. The Morgan fingerprint density at radius 3 is 2.50 bits per heavy atom. The van der Waals surface area contributed by atoms with E-state index in [4.69, 9.17) is 30.6 Å². The van der Waals surface area contributed by atoms with E-state index in [1.807, 2.05) is 0 Å². The van der Waals surface area contributed by atoms with E-state index >= 15 is 0 Å². The average Bonchev–Trinajstić information content (AvgIpc) is 2.70. The summed E-state index contributed by atoms with van der Waals surface area (Å²) in [6, 6.07) is 11.8. The van der Waals surface area contributed by atoms with Crippen LogP contribution in [0.15, 0.2) is 47.6 Å². The van der Waals surface area contributed by atoms with Crippen molar-refractivity contribution in [1.82, 2.24) is 0 Å².